The third-order valence-electron chi connectivity index (χ3n) is 3.58. The molecule has 0 aromatic heterocycles. The van der Waals surface area contributed by atoms with Crippen LogP contribution in [0.5, 0.6) is 0 Å². The standard InChI is InChI=1S/C16H26N2O2/c1-3-16(17,4-2)15(19)18-11-8-12-20-13-14-9-6-5-7-10-14/h5-7,9-10H,3-4,8,11-13,17H2,1-2H3,(H,18,19). The Hall–Kier alpha value is -1.39. The van der Waals surface area contributed by atoms with Crippen molar-refractivity contribution in [1.82, 2.24) is 5.32 Å². The third kappa shape index (κ3) is 5.31. The van der Waals surface area contributed by atoms with Crippen LogP contribution >= 0.6 is 0 Å². The zero-order valence-electron chi connectivity index (χ0n) is 12.5. The van der Waals surface area contributed by atoms with Gasteiger partial charge in [-0.15, -0.1) is 0 Å². The van der Waals surface area contributed by atoms with Crippen LogP contribution in [0.15, 0.2) is 30.3 Å². The maximum atomic E-state index is 11.9. The van der Waals surface area contributed by atoms with Crippen LogP contribution in [0.1, 0.15) is 38.7 Å². The van der Waals surface area contributed by atoms with E-state index in [0.717, 1.165) is 12.0 Å². The zero-order valence-corrected chi connectivity index (χ0v) is 12.5. The molecule has 0 aliphatic carbocycles. The average molecular weight is 278 g/mol. The van der Waals surface area contributed by atoms with E-state index in [1.807, 2.05) is 44.2 Å². The number of rotatable bonds is 9. The SMILES string of the molecule is CCC(N)(CC)C(=O)NCCCOCc1ccccc1. The van der Waals surface area contributed by atoms with Crippen molar-refractivity contribution < 1.29 is 9.53 Å². The second-order valence-corrected chi connectivity index (χ2v) is 5.01. The van der Waals surface area contributed by atoms with Crippen molar-refractivity contribution >= 4 is 5.91 Å². The number of ether oxygens (including phenoxy) is 1. The molecule has 0 saturated heterocycles. The molecule has 3 N–H and O–H groups in total. The smallest absolute Gasteiger partial charge is 0.240 e. The molecule has 0 bridgehead atoms. The third-order valence-corrected chi connectivity index (χ3v) is 3.58. The summed E-state index contributed by atoms with van der Waals surface area (Å²) in [5.74, 6) is -0.0643. The number of amides is 1. The summed E-state index contributed by atoms with van der Waals surface area (Å²) in [5.41, 5.74) is 6.44. The molecule has 0 radical (unpaired) electrons. The number of nitrogens with one attached hydrogen (secondary N) is 1. The molecule has 0 aliphatic heterocycles. The van der Waals surface area contributed by atoms with Crippen molar-refractivity contribution in [3.63, 3.8) is 0 Å². The maximum Gasteiger partial charge on any atom is 0.240 e. The summed E-state index contributed by atoms with van der Waals surface area (Å²) >= 11 is 0. The number of carbonyl (C=O) groups is 1. The highest BCUT2D eigenvalue weighted by molar-refractivity contribution is 5.85. The highest BCUT2D eigenvalue weighted by Gasteiger charge is 2.29. The van der Waals surface area contributed by atoms with E-state index < -0.39 is 5.54 Å². The first-order valence-electron chi connectivity index (χ1n) is 7.31. The molecule has 1 aromatic carbocycles. The largest absolute Gasteiger partial charge is 0.377 e. The lowest BCUT2D eigenvalue weighted by molar-refractivity contribution is -0.126. The van der Waals surface area contributed by atoms with E-state index in [1.165, 1.54) is 0 Å². The van der Waals surface area contributed by atoms with Crippen molar-refractivity contribution in [1.29, 1.82) is 0 Å². The van der Waals surface area contributed by atoms with Gasteiger partial charge in [0.1, 0.15) is 0 Å². The normalized spacial score (nSPS) is 11.3. The average Bonchev–Trinajstić information content (AvgIpc) is 2.50. The first kappa shape index (κ1) is 16.7. The fourth-order valence-electron chi connectivity index (χ4n) is 1.89. The van der Waals surface area contributed by atoms with Gasteiger partial charge in [0.05, 0.1) is 12.1 Å². The predicted molar refractivity (Wildman–Crippen MR) is 81.2 cm³/mol. The molecule has 4 heteroatoms. The molecule has 112 valence electrons. The Labute approximate surface area is 121 Å². The lowest BCUT2D eigenvalue weighted by Gasteiger charge is -2.25. The zero-order chi connectivity index (χ0) is 14.8. The van der Waals surface area contributed by atoms with E-state index in [9.17, 15) is 4.79 Å². The lowest BCUT2D eigenvalue weighted by Crippen LogP contribution is -2.53. The van der Waals surface area contributed by atoms with E-state index in [2.05, 4.69) is 5.32 Å². The Bertz CT molecular complexity index is 389. The van der Waals surface area contributed by atoms with Crippen LogP contribution in [0.2, 0.25) is 0 Å². The number of carbonyl (C=O) groups excluding carboxylic acids is 1. The van der Waals surface area contributed by atoms with Crippen LogP contribution < -0.4 is 11.1 Å². The van der Waals surface area contributed by atoms with E-state index in [0.29, 0.717) is 32.6 Å². The van der Waals surface area contributed by atoms with Crippen molar-refractivity contribution in [2.45, 2.75) is 45.3 Å². The van der Waals surface area contributed by atoms with Crippen LogP contribution in [0, 0.1) is 0 Å². The van der Waals surface area contributed by atoms with Crippen LogP contribution in [-0.2, 0) is 16.1 Å². The topological polar surface area (TPSA) is 64.4 Å². The number of nitrogens with two attached hydrogens (primary N) is 1. The summed E-state index contributed by atoms with van der Waals surface area (Å²) in [6, 6.07) is 10.0. The number of hydrogen-bond acceptors (Lipinski definition) is 3. The lowest BCUT2D eigenvalue weighted by atomic mass is 9.93. The van der Waals surface area contributed by atoms with E-state index in [-0.39, 0.29) is 5.91 Å². The van der Waals surface area contributed by atoms with Crippen LogP contribution in [-0.4, -0.2) is 24.6 Å². The van der Waals surface area contributed by atoms with Crippen molar-refractivity contribution in [2.75, 3.05) is 13.2 Å². The van der Waals surface area contributed by atoms with Crippen molar-refractivity contribution in [2.24, 2.45) is 5.73 Å². The molecule has 0 unspecified atom stereocenters. The Balaban J connectivity index is 2.12. The van der Waals surface area contributed by atoms with E-state index in [4.69, 9.17) is 10.5 Å². The molecule has 1 rings (SSSR count). The van der Waals surface area contributed by atoms with Gasteiger partial charge in [0, 0.05) is 13.2 Å². The van der Waals surface area contributed by atoms with Crippen molar-refractivity contribution in [3.8, 4) is 0 Å². The molecule has 4 nitrogen and oxygen atoms in total. The van der Waals surface area contributed by atoms with Crippen molar-refractivity contribution in [3.05, 3.63) is 35.9 Å². The fraction of sp³-hybridized carbons (Fsp3) is 0.562. The molecule has 0 atom stereocenters. The highest BCUT2D eigenvalue weighted by Crippen LogP contribution is 2.10. The molecular weight excluding hydrogens is 252 g/mol. The Morgan fingerprint density at radius 1 is 1.25 bits per heavy atom. The molecular formula is C16H26N2O2. The second kappa shape index (κ2) is 8.72. The monoisotopic (exact) mass is 278 g/mol. The van der Waals surface area contributed by atoms with Gasteiger partial charge in [-0.3, -0.25) is 4.79 Å². The van der Waals surface area contributed by atoms with E-state index in [1.54, 1.807) is 0 Å². The van der Waals surface area contributed by atoms with Gasteiger partial charge < -0.3 is 15.8 Å². The van der Waals surface area contributed by atoms with Gasteiger partial charge in [-0.25, -0.2) is 0 Å². The summed E-state index contributed by atoms with van der Waals surface area (Å²) in [4.78, 5) is 11.9. The predicted octanol–water partition coefficient (Wildman–Crippen LogP) is 2.23. The van der Waals surface area contributed by atoms with Gasteiger partial charge in [0.15, 0.2) is 0 Å². The molecule has 0 aliphatic rings. The summed E-state index contributed by atoms with van der Waals surface area (Å²) in [6.07, 6.45) is 2.10. The summed E-state index contributed by atoms with van der Waals surface area (Å²) in [7, 11) is 0. The Kier molecular flexibility index (Phi) is 7.26. The van der Waals surface area contributed by atoms with Gasteiger partial charge in [0.2, 0.25) is 5.91 Å². The first-order valence-corrected chi connectivity index (χ1v) is 7.31. The van der Waals surface area contributed by atoms with Gasteiger partial charge in [-0.05, 0) is 24.8 Å². The number of benzene rings is 1. The van der Waals surface area contributed by atoms with Gasteiger partial charge in [-0.1, -0.05) is 44.2 Å². The summed E-state index contributed by atoms with van der Waals surface area (Å²) < 4.78 is 5.56. The molecule has 0 heterocycles. The van der Waals surface area contributed by atoms with Gasteiger partial charge in [-0.2, -0.15) is 0 Å². The van der Waals surface area contributed by atoms with Gasteiger partial charge >= 0.3 is 0 Å². The fourth-order valence-corrected chi connectivity index (χ4v) is 1.89. The maximum absolute atomic E-state index is 11.9. The minimum absolute atomic E-state index is 0.0643. The molecule has 20 heavy (non-hydrogen) atoms. The summed E-state index contributed by atoms with van der Waals surface area (Å²) in [6.45, 7) is 5.72. The first-order chi connectivity index (χ1) is 9.62. The number of hydrogen-bond donors (Lipinski definition) is 2. The molecule has 0 fully saturated rings. The quantitative estimate of drug-likeness (QED) is 0.681. The molecule has 1 amide bonds. The minimum atomic E-state index is -0.731. The van der Waals surface area contributed by atoms with Crippen LogP contribution in [0.25, 0.3) is 0 Å². The molecule has 1 aromatic rings. The Morgan fingerprint density at radius 3 is 2.50 bits per heavy atom. The highest BCUT2D eigenvalue weighted by atomic mass is 16.5. The minimum Gasteiger partial charge on any atom is -0.377 e. The van der Waals surface area contributed by atoms with Crippen LogP contribution in [0.3, 0.4) is 0 Å². The van der Waals surface area contributed by atoms with Crippen LogP contribution in [0.4, 0.5) is 0 Å². The molecule has 0 spiro atoms. The van der Waals surface area contributed by atoms with Gasteiger partial charge in [0.25, 0.3) is 0 Å². The second-order valence-electron chi connectivity index (χ2n) is 5.01. The summed E-state index contributed by atoms with van der Waals surface area (Å²) in [5, 5.41) is 2.88. The Morgan fingerprint density at radius 2 is 1.90 bits per heavy atom. The van der Waals surface area contributed by atoms with E-state index >= 15 is 0 Å². The molecule has 0 saturated carbocycles.